The van der Waals surface area contributed by atoms with Crippen molar-refractivity contribution in [1.82, 2.24) is 0 Å². The second-order valence-corrected chi connectivity index (χ2v) is 4.62. The number of aryl methyl sites for hydroxylation is 1. The quantitative estimate of drug-likeness (QED) is 0.778. The van der Waals surface area contributed by atoms with Crippen molar-refractivity contribution in [3.8, 4) is 0 Å². The number of hydrogen-bond donors (Lipinski definition) is 0. The van der Waals surface area contributed by atoms with Gasteiger partial charge in [-0.15, -0.1) is 0 Å². The Morgan fingerprint density at radius 3 is 2.60 bits per heavy atom. The number of Topliss-reactive ketones (excluding diaryl/α,β-unsaturated/α-hetero) is 1. The van der Waals surface area contributed by atoms with Crippen LogP contribution in [0.3, 0.4) is 0 Å². The zero-order chi connectivity index (χ0) is 11.4. The largest absolute Gasteiger partial charge is 0.299 e. The second-order valence-electron chi connectivity index (χ2n) is 3.83. The molecule has 1 aromatic rings. The van der Waals surface area contributed by atoms with Crippen LogP contribution < -0.4 is 0 Å². The smallest absolute Gasteiger partial charge is 0.135 e. The van der Waals surface area contributed by atoms with Gasteiger partial charge in [0.25, 0.3) is 0 Å². The van der Waals surface area contributed by atoms with Gasteiger partial charge in [-0.05, 0) is 18.1 Å². The normalized spacial score (nSPS) is 10.7. The fraction of sp³-hybridized carbons (Fsp3) is 0.417. The predicted octanol–water partition coefficient (Wildman–Crippen LogP) is 4.15. The summed E-state index contributed by atoms with van der Waals surface area (Å²) in [7, 11) is 0. The molecule has 1 aromatic carbocycles. The Hall–Kier alpha value is -0.530. The highest BCUT2D eigenvalue weighted by Gasteiger charge is 2.09. The van der Waals surface area contributed by atoms with Gasteiger partial charge in [-0.2, -0.15) is 0 Å². The second kappa shape index (κ2) is 5.53. The first-order valence-corrected chi connectivity index (χ1v) is 5.73. The van der Waals surface area contributed by atoms with Crippen LogP contribution in [0.2, 0.25) is 10.0 Å². The van der Waals surface area contributed by atoms with Gasteiger partial charge >= 0.3 is 0 Å². The molecule has 82 valence electrons. The van der Waals surface area contributed by atoms with E-state index in [2.05, 4.69) is 0 Å². The number of benzene rings is 1. The van der Waals surface area contributed by atoms with Crippen LogP contribution in [0, 0.1) is 5.92 Å². The van der Waals surface area contributed by atoms with Gasteiger partial charge in [-0.25, -0.2) is 0 Å². The van der Waals surface area contributed by atoms with E-state index >= 15 is 0 Å². The lowest BCUT2D eigenvalue weighted by Crippen LogP contribution is -2.07. The van der Waals surface area contributed by atoms with Crippen molar-refractivity contribution in [2.45, 2.75) is 26.7 Å². The lowest BCUT2D eigenvalue weighted by atomic mass is 10.0. The van der Waals surface area contributed by atoms with Gasteiger partial charge in [0.15, 0.2) is 0 Å². The summed E-state index contributed by atoms with van der Waals surface area (Å²) in [5.74, 6) is 0.342. The third-order valence-corrected chi connectivity index (χ3v) is 3.17. The predicted molar refractivity (Wildman–Crippen MR) is 64.6 cm³/mol. The average Bonchev–Trinajstić information content (AvgIpc) is 2.19. The molecule has 1 nitrogen and oxygen atoms in total. The van der Waals surface area contributed by atoms with Gasteiger partial charge in [0, 0.05) is 12.3 Å². The van der Waals surface area contributed by atoms with Crippen molar-refractivity contribution >= 4 is 29.0 Å². The lowest BCUT2D eigenvalue weighted by Gasteiger charge is -2.06. The molecule has 0 spiro atoms. The topological polar surface area (TPSA) is 17.1 Å². The van der Waals surface area contributed by atoms with E-state index in [0.717, 1.165) is 5.56 Å². The molecular weight excluding hydrogens is 231 g/mol. The fourth-order valence-electron chi connectivity index (χ4n) is 1.29. The highest BCUT2D eigenvalue weighted by Crippen LogP contribution is 2.26. The average molecular weight is 245 g/mol. The number of ketones is 1. The molecule has 0 bridgehead atoms. The molecular formula is C12H14Cl2O. The number of hydrogen-bond acceptors (Lipinski definition) is 1. The van der Waals surface area contributed by atoms with Crippen LogP contribution in [0.15, 0.2) is 18.2 Å². The van der Waals surface area contributed by atoms with E-state index in [9.17, 15) is 4.79 Å². The number of carbonyl (C=O) groups is 1. The van der Waals surface area contributed by atoms with Gasteiger partial charge in [-0.3, -0.25) is 4.79 Å². The summed E-state index contributed by atoms with van der Waals surface area (Å²) in [6.45, 7) is 3.81. The summed E-state index contributed by atoms with van der Waals surface area (Å²) in [5, 5.41) is 1.11. The maximum Gasteiger partial charge on any atom is 0.135 e. The molecule has 0 N–H and O–H groups in total. The minimum atomic E-state index is 0.0861. The Bertz CT molecular complexity index is 359. The van der Waals surface area contributed by atoms with E-state index in [1.165, 1.54) is 0 Å². The van der Waals surface area contributed by atoms with E-state index < -0.39 is 0 Å². The molecule has 0 saturated carbocycles. The van der Waals surface area contributed by atoms with E-state index in [1.807, 2.05) is 26.0 Å². The van der Waals surface area contributed by atoms with Crippen molar-refractivity contribution in [1.29, 1.82) is 0 Å². The monoisotopic (exact) mass is 244 g/mol. The molecule has 1 rings (SSSR count). The molecule has 0 aliphatic heterocycles. The van der Waals surface area contributed by atoms with Crippen LogP contribution >= 0.6 is 23.2 Å². The molecule has 0 aromatic heterocycles. The first-order chi connectivity index (χ1) is 7.02. The van der Waals surface area contributed by atoms with Crippen LogP contribution in [0.4, 0.5) is 0 Å². The maximum absolute atomic E-state index is 11.4. The third kappa shape index (κ3) is 3.51. The molecule has 0 heterocycles. The summed E-state index contributed by atoms with van der Waals surface area (Å²) in [6, 6.07) is 5.50. The van der Waals surface area contributed by atoms with Crippen molar-refractivity contribution < 1.29 is 4.79 Å². The highest BCUT2D eigenvalue weighted by molar-refractivity contribution is 6.42. The summed E-state index contributed by atoms with van der Waals surface area (Å²) in [6.07, 6.45) is 1.19. The summed E-state index contributed by atoms with van der Waals surface area (Å²) < 4.78 is 0. The van der Waals surface area contributed by atoms with Crippen molar-refractivity contribution in [3.63, 3.8) is 0 Å². The molecule has 0 aliphatic carbocycles. The van der Waals surface area contributed by atoms with Crippen LogP contribution in [-0.4, -0.2) is 5.78 Å². The highest BCUT2D eigenvalue weighted by atomic mass is 35.5. The number of rotatable bonds is 4. The van der Waals surface area contributed by atoms with E-state index in [4.69, 9.17) is 23.2 Å². The van der Waals surface area contributed by atoms with Gasteiger partial charge in [0.2, 0.25) is 0 Å². The third-order valence-electron chi connectivity index (χ3n) is 2.32. The summed E-state index contributed by atoms with van der Waals surface area (Å²) in [4.78, 5) is 11.4. The molecule has 0 aliphatic rings. The number of halogens is 2. The van der Waals surface area contributed by atoms with E-state index in [-0.39, 0.29) is 11.7 Å². The van der Waals surface area contributed by atoms with Gasteiger partial charge in [-0.1, -0.05) is 49.2 Å². The first kappa shape index (κ1) is 12.5. The molecule has 0 atom stereocenters. The minimum absolute atomic E-state index is 0.0861. The first-order valence-electron chi connectivity index (χ1n) is 4.98. The molecule has 0 amide bonds. The Morgan fingerprint density at radius 2 is 2.00 bits per heavy atom. The molecule has 0 saturated heterocycles. The summed E-state index contributed by atoms with van der Waals surface area (Å²) >= 11 is 11.9. The number of carbonyl (C=O) groups excluding carboxylic acids is 1. The van der Waals surface area contributed by atoms with E-state index in [0.29, 0.717) is 22.9 Å². The molecule has 15 heavy (non-hydrogen) atoms. The van der Waals surface area contributed by atoms with Crippen molar-refractivity contribution in [2.24, 2.45) is 5.92 Å². The van der Waals surface area contributed by atoms with Gasteiger partial charge < -0.3 is 0 Å². The van der Waals surface area contributed by atoms with E-state index in [1.54, 1.807) is 6.07 Å². The minimum Gasteiger partial charge on any atom is -0.299 e. The Kier molecular flexibility index (Phi) is 4.62. The standard InChI is InChI=1S/C12H14Cl2O/c1-8(2)11(15)7-6-9-4-3-5-10(13)12(9)14/h3-5,8H,6-7H2,1-2H3. The van der Waals surface area contributed by atoms with Gasteiger partial charge in [0.1, 0.15) is 5.78 Å². The van der Waals surface area contributed by atoms with Crippen LogP contribution in [-0.2, 0) is 11.2 Å². The zero-order valence-corrected chi connectivity index (χ0v) is 10.4. The summed E-state index contributed by atoms with van der Waals surface area (Å²) in [5.41, 5.74) is 0.943. The van der Waals surface area contributed by atoms with Gasteiger partial charge in [0.05, 0.1) is 10.0 Å². The van der Waals surface area contributed by atoms with Crippen LogP contribution in [0.25, 0.3) is 0 Å². The molecule has 0 fully saturated rings. The molecule has 3 heteroatoms. The Morgan fingerprint density at radius 1 is 1.33 bits per heavy atom. The fourth-order valence-corrected chi connectivity index (χ4v) is 1.70. The lowest BCUT2D eigenvalue weighted by molar-refractivity contribution is -0.121. The van der Waals surface area contributed by atoms with Crippen LogP contribution in [0.1, 0.15) is 25.8 Å². The SMILES string of the molecule is CC(C)C(=O)CCc1cccc(Cl)c1Cl. The Balaban J connectivity index is 2.66. The van der Waals surface area contributed by atoms with Crippen LogP contribution in [0.5, 0.6) is 0 Å². The Labute approximate surface area is 100 Å². The molecule has 0 radical (unpaired) electrons. The van der Waals surface area contributed by atoms with Crippen molar-refractivity contribution in [3.05, 3.63) is 33.8 Å². The zero-order valence-electron chi connectivity index (χ0n) is 8.89. The molecule has 0 unspecified atom stereocenters. The van der Waals surface area contributed by atoms with Crippen molar-refractivity contribution in [2.75, 3.05) is 0 Å². The maximum atomic E-state index is 11.4.